The molecule has 1 aliphatic heterocycles. The second-order valence-corrected chi connectivity index (χ2v) is 5.97. The zero-order valence-corrected chi connectivity index (χ0v) is 15.4. The first kappa shape index (κ1) is 18.7. The van der Waals surface area contributed by atoms with Crippen molar-refractivity contribution in [3.05, 3.63) is 64.3 Å². The van der Waals surface area contributed by atoms with Gasteiger partial charge in [0, 0.05) is 12.5 Å². The van der Waals surface area contributed by atoms with E-state index in [1.165, 1.54) is 13.0 Å². The quantitative estimate of drug-likeness (QED) is 0.441. The predicted molar refractivity (Wildman–Crippen MR) is 101 cm³/mol. The van der Waals surface area contributed by atoms with Crippen molar-refractivity contribution in [1.82, 2.24) is 0 Å². The van der Waals surface area contributed by atoms with Gasteiger partial charge in [0.2, 0.25) is 5.90 Å². The number of cyclic esters (lactones) is 1. The van der Waals surface area contributed by atoms with Gasteiger partial charge in [-0.25, -0.2) is 9.79 Å². The summed E-state index contributed by atoms with van der Waals surface area (Å²) in [5, 5.41) is 0.182. The summed E-state index contributed by atoms with van der Waals surface area (Å²) in [4.78, 5) is 27.7. The molecule has 0 amide bonds. The van der Waals surface area contributed by atoms with Gasteiger partial charge in [-0.05, 0) is 42.8 Å². The van der Waals surface area contributed by atoms with E-state index in [4.69, 9.17) is 25.8 Å². The molecular formula is C20H16ClNO5. The van der Waals surface area contributed by atoms with Crippen LogP contribution in [0.1, 0.15) is 25.0 Å². The lowest BCUT2D eigenvalue weighted by molar-refractivity contribution is -0.132. The summed E-state index contributed by atoms with van der Waals surface area (Å²) < 4.78 is 15.8. The maximum Gasteiger partial charge on any atom is 0.363 e. The highest BCUT2D eigenvalue weighted by Crippen LogP contribution is 2.37. The third kappa shape index (κ3) is 4.35. The normalized spacial score (nSPS) is 14.7. The molecule has 2 aromatic rings. The summed E-state index contributed by atoms with van der Waals surface area (Å²) >= 11 is 6.22. The number of halogens is 1. The molecule has 0 aliphatic carbocycles. The number of esters is 2. The topological polar surface area (TPSA) is 74.2 Å². The van der Waals surface area contributed by atoms with E-state index in [0.29, 0.717) is 23.5 Å². The van der Waals surface area contributed by atoms with Gasteiger partial charge in [-0.3, -0.25) is 4.79 Å². The van der Waals surface area contributed by atoms with E-state index in [0.717, 1.165) is 0 Å². The Balaban J connectivity index is 1.97. The van der Waals surface area contributed by atoms with Crippen molar-refractivity contribution in [2.75, 3.05) is 6.61 Å². The molecule has 3 rings (SSSR count). The van der Waals surface area contributed by atoms with Gasteiger partial charge >= 0.3 is 11.9 Å². The van der Waals surface area contributed by atoms with Crippen molar-refractivity contribution >= 4 is 35.5 Å². The van der Waals surface area contributed by atoms with Crippen molar-refractivity contribution in [2.24, 2.45) is 4.99 Å². The van der Waals surface area contributed by atoms with Crippen LogP contribution in [-0.2, 0) is 14.3 Å². The Morgan fingerprint density at radius 1 is 1.26 bits per heavy atom. The van der Waals surface area contributed by atoms with Crippen molar-refractivity contribution in [2.45, 2.75) is 13.8 Å². The number of ether oxygens (including phenoxy) is 3. The average Bonchev–Trinajstić information content (AvgIpc) is 2.99. The molecule has 7 heteroatoms. The average molecular weight is 386 g/mol. The van der Waals surface area contributed by atoms with Crippen molar-refractivity contribution < 1.29 is 23.8 Å². The summed E-state index contributed by atoms with van der Waals surface area (Å²) in [5.74, 6) is -0.409. The number of benzene rings is 2. The summed E-state index contributed by atoms with van der Waals surface area (Å²) in [6, 6.07) is 12.3. The molecule has 0 N–H and O–H groups in total. The number of carbonyl (C=O) groups excluding carboxylic acids is 2. The van der Waals surface area contributed by atoms with Crippen LogP contribution in [0.4, 0.5) is 0 Å². The van der Waals surface area contributed by atoms with Gasteiger partial charge in [-0.1, -0.05) is 29.8 Å². The summed E-state index contributed by atoms with van der Waals surface area (Å²) in [5.41, 5.74) is 1.39. The zero-order valence-electron chi connectivity index (χ0n) is 14.7. The fraction of sp³-hybridized carbons (Fsp3) is 0.150. The van der Waals surface area contributed by atoms with Crippen molar-refractivity contribution in [1.29, 1.82) is 0 Å². The third-order valence-electron chi connectivity index (χ3n) is 3.52. The first-order valence-corrected chi connectivity index (χ1v) is 8.58. The lowest BCUT2D eigenvalue weighted by atomic mass is 10.1. The first-order chi connectivity index (χ1) is 13.0. The smallest absolute Gasteiger partial charge is 0.363 e. The van der Waals surface area contributed by atoms with E-state index in [-0.39, 0.29) is 22.4 Å². The Morgan fingerprint density at radius 2 is 2.00 bits per heavy atom. The molecule has 138 valence electrons. The molecule has 0 aromatic heterocycles. The molecular weight excluding hydrogens is 370 g/mol. The van der Waals surface area contributed by atoms with Gasteiger partial charge in [-0.2, -0.15) is 0 Å². The molecule has 1 aliphatic rings. The van der Waals surface area contributed by atoms with E-state index in [9.17, 15) is 9.59 Å². The highest BCUT2D eigenvalue weighted by molar-refractivity contribution is 6.32. The van der Waals surface area contributed by atoms with E-state index >= 15 is 0 Å². The number of hydrogen-bond donors (Lipinski definition) is 0. The SMILES string of the molecule is CCOc1cc(C=C2N=C(c3ccccc3)OC2=O)cc(Cl)c1OC(C)=O. The van der Waals surface area contributed by atoms with E-state index < -0.39 is 11.9 Å². The second kappa shape index (κ2) is 8.05. The Labute approximate surface area is 161 Å². The van der Waals surface area contributed by atoms with E-state index in [2.05, 4.69) is 4.99 Å². The molecule has 6 nitrogen and oxygen atoms in total. The van der Waals surface area contributed by atoms with Crippen LogP contribution in [0.15, 0.2) is 53.2 Å². The molecule has 0 fully saturated rings. The number of hydrogen-bond acceptors (Lipinski definition) is 6. The lowest BCUT2D eigenvalue weighted by Gasteiger charge is -2.12. The predicted octanol–water partition coefficient (Wildman–Crippen LogP) is 4.01. The summed E-state index contributed by atoms with van der Waals surface area (Å²) in [6.45, 7) is 3.42. The maximum atomic E-state index is 12.1. The van der Waals surface area contributed by atoms with E-state index in [1.807, 2.05) is 18.2 Å². The van der Waals surface area contributed by atoms with Crippen LogP contribution < -0.4 is 9.47 Å². The maximum absolute atomic E-state index is 12.1. The summed E-state index contributed by atoms with van der Waals surface area (Å²) in [6.07, 6.45) is 1.53. The number of carbonyl (C=O) groups is 2. The van der Waals surface area contributed by atoms with Gasteiger partial charge < -0.3 is 14.2 Å². The van der Waals surface area contributed by atoms with Gasteiger partial charge in [0.25, 0.3) is 0 Å². The standard InChI is InChI=1S/C20H16ClNO5/c1-3-25-17-11-13(9-15(21)18(17)26-12(2)23)10-16-20(24)27-19(22-16)14-7-5-4-6-8-14/h4-11H,3H2,1-2H3. The fourth-order valence-electron chi connectivity index (χ4n) is 2.45. The van der Waals surface area contributed by atoms with Crippen LogP contribution in [0.2, 0.25) is 5.02 Å². The summed E-state index contributed by atoms with van der Waals surface area (Å²) in [7, 11) is 0. The zero-order chi connectivity index (χ0) is 19.4. The van der Waals surface area contributed by atoms with Crippen LogP contribution in [-0.4, -0.2) is 24.4 Å². The van der Waals surface area contributed by atoms with Crippen molar-refractivity contribution in [3.8, 4) is 11.5 Å². The Kier molecular flexibility index (Phi) is 5.57. The molecule has 0 spiro atoms. The molecule has 0 saturated heterocycles. The molecule has 1 heterocycles. The minimum Gasteiger partial charge on any atom is -0.490 e. The first-order valence-electron chi connectivity index (χ1n) is 8.20. The Hall–Kier alpha value is -3.12. The lowest BCUT2D eigenvalue weighted by Crippen LogP contribution is -2.05. The fourth-order valence-corrected chi connectivity index (χ4v) is 2.71. The van der Waals surface area contributed by atoms with Crippen LogP contribution in [0.3, 0.4) is 0 Å². The van der Waals surface area contributed by atoms with Gasteiger partial charge in [-0.15, -0.1) is 0 Å². The molecule has 0 unspecified atom stereocenters. The van der Waals surface area contributed by atoms with E-state index in [1.54, 1.807) is 31.2 Å². The Morgan fingerprint density at radius 3 is 2.67 bits per heavy atom. The monoisotopic (exact) mass is 385 g/mol. The molecule has 27 heavy (non-hydrogen) atoms. The van der Waals surface area contributed by atoms with Gasteiger partial charge in [0.15, 0.2) is 17.2 Å². The molecule has 0 bridgehead atoms. The van der Waals surface area contributed by atoms with Gasteiger partial charge in [0.1, 0.15) is 0 Å². The molecule has 0 saturated carbocycles. The van der Waals surface area contributed by atoms with Gasteiger partial charge in [0.05, 0.1) is 11.6 Å². The highest BCUT2D eigenvalue weighted by atomic mass is 35.5. The van der Waals surface area contributed by atoms with Crippen LogP contribution in [0.25, 0.3) is 6.08 Å². The van der Waals surface area contributed by atoms with Crippen LogP contribution >= 0.6 is 11.6 Å². The minimum absolute atomic E-state index is 0.132. The molecule has 0 radical (unpaired) electrons. The number of rotatable bonds is 5. The van der Waals surface area contributed by atoms with Crippen LogP contribution in [0, 0.1) is 0 Å². The van der Waals surface area contributed by atoms with Crippen LogP contribution in [0.5, 0.6) is 11.5 Å². The molecule has 0 atom stereocenters. The minimum atomic E-state index is -0.563. The largest absolute Gasteiger partial charge is 0.490 e. The number of nitrogens with zero attached hydrogens (tertiary/aromatic N) is 1. The third-order valence-corrected chi connectivity index (χ3v) is 3.80. The highest BCUT2D eigenvalue weighted by Gasteiger charge is 2.24. The molecule has 2 aromatic carbocycles. The number of aliphatic imine (C=N–C) groups is 1. The van der Waals surface area contributed by atoms with Crippen molar-refractivity contribution in [3.63, 3.8) is 0 Å². The Bertz CT molecular complexity index is 950. The second-order valence-electron chi connectivity index (χ2n) is 5.56.